The highest BCUT2D eigenvalue weighted by molar-refractivity contribution is 5.71. The molecule has 0 aromatic heterocycles. The molecule has 0 aliphatic rings. The standard InChI is InChI=1S/C61H100O6/c1-4-7-10-13-16-19-22-25-28-29-30-31-34-36-39-42-45-48-51-54-60(63)66-57-58(67-61(64)55-52-49-46-43-40-37-33-27-24-21-18-15-12-9-6-3)56-65-59(62)53-50-47-44-41-38-35-32-26-23-20-17-14-11-8-5-2/h7,10,16-21,25-28,30-33,36,39,58H,4-6,8-9,11-15,22-24,29,34-35,37-38,40-57H2,1-3H3/b10-7-,19-16-,20-17-,21-18-,28-25-,31-30-,32-26-,33-27-,39-36-/t58-/m0/s1. The van der Waals surface area contributed by atoms with Crippen LogP contribution in [0.15, 0.2) is 109 Å². The molecule has 0 saturated carbocycles. The van der Waals surface area contributed by atoms with Crippen molar-refractivity contribution >= 4 is 17.9 Å². The molecule has 6 nitrogen and oxygen atoms in total. The fourth-order valence-corrected chi connectivity index (χ4v) is 7.12. The van der Waals surface area contributed by atoms with Crippen molar-refractivity contribution in [2.45, 2.75) is 245 Å². The van der Waals surface area contributed by atoms with Crippen LogP contribution in [0, 0.1) is 0 Å². The van der Waals surface area contributed by atoms with Crippen LogP contribution in [0.2, 0.25) is 0 Å². The second kappa shape index (κ2) is 54.7. The van der Waals surface area contributed by atoms with Gasteiger partial charge in [0.15, 0.2) is 6.10 Å². The van der Waals surface area contributed by atoms with Crippen LogP contribution in [0.3, 0.4) is 0 Å². The summed E-state index contributed by atoms with van der Waals surface area (Å²) in [5.74, 6) is -0.966. The number of carbonyl (C=O) groups is 3. The maximum absolute atomic E-state index is 12.8. The highest BCUT2D eigenvalue weighted by Crippen LogP contribution is 2.13. The van der Waals surface area contributed by atoms with E-state index in [1.807, 2.05) is 0 Å². The van der Waals surface area contributed by atoms with Gasteiger partial charge in [0.1, 0.15) is 13.2 Å². The van der Waals surface area contributed by atoms with Crippen LogP contribution in [-0.2, 0) is 28.6 Å². The molecular weight excluding hydrogens is 829 g/mol. The van der Waals surface area contributed by atoms with E-state index in [4.69, 9.17) is 14.2 Å². The van der Waals surface area contributed by atoms with E-state index in [0.29, 0.717) is 19.3 Å². The smallest absolute Gasteiger partial charge is 0.306 e. The third kappa shape index (κ3) is 52.9. The molecular formula is C61H100O6. The lowest BCUT2D eigenvalue weighted by atomic mass is 10.1. The fraction of sp³-hybridized carbons (Fsp3) is 0.656. The highest BCUT2D eigenvalue weighted by atomic mass is 16.6. The molecule has 0 aromatic rings. The van der Waals surface area contributed by atoms with Crippen LogP contribution >= 0.6 is 0 Å². The maximum atomic E-state index is 12.8. The monoisotopic (exact) mass is 929 g/mol. The largest absolute Gasteiger partial charge is 0.462 e. The minimum Gasteiger partial charge on any atom is -0.462 e. The van der Waals surface area contributed by atoms with E-state index < -0.39 is 6.10 Å². The van der Waals surface area contributed by atoms with E-state index in [1.165, 1.54) is 51.4 Å². The molecule has 0 radical (unpaired) electrons. The lowest BCUT2D eigenvalue weighted by molar-refractivity contribution is -0.167. The van der Waals surface area contributed by atoms with Crippen LogP contribution < -0.4 is 0 Å². The zero-order valence-corrected chi connectivity index (χ0v) is 43.4. The second-order valence-corrected chi connectivity index (χ2v) is 17.7. The Morgan fingerprint density at radius 3 is 0.925 bits per heavy atom. The molecule has 0 aliphatic carbocycles. The van der Waals surface area contributed by atoms with E-state index in [-0.39, 0.29) is 31.1 Å². The summed E-state index contributed by atoms with van der Waals surface area (Å²) in [6.45, 7) is 6.41. The van der Waals surface area contributed by atoms with Crippen molar-refractivity contribution in [1.29, 1.82) is 0 Å². The predicted molar refractivity (Wildman–Crippen MR) is 288 cm³/mol. The number of hydrogen-bond acceptors (Lipinski definition) is 6. The lowest BCUT2D eigenvalue weighted by Crippen LogP contribution is -2.30. The lowest BCUT2D eigenvalue weighted by Gasteiger charge is -2.18. The average Bonchev–Trinajstić information content (AvgIpc) is 3.33. The molecule has 0 amide bonds. The van der Waals surface area contributed by atoms with E-state index in [0.717, 1.165) is 148 Å². The van der Waals surface area contributed by atoms with Crippen molar-refractivity contribution in [2.75, 3.05) is 13.2 Å². The number of ether oxygens (including phenoxy) is 3. The molecule has 0 fully saturated rings. The Kier molecular flexibility index (Phi) is 51.5. The predicted octanol–water partition coefficient (Wildman–Crippen LogP) is 18.3. The van der Waals surface area contributed by atoms with Crippen LogP contribution in [-0.4, -0.2) is 37.2 Å². The van der Waals surface area contributed by atoms with Gasteiger partial charge in [-0.05, 0) is 128 Å². The molecule has 0 aliphatic heterocycles. The van der Waals surface area contributed by atoms with Gasteiger partial charge in [0.25, 0.3) is 0 Å². The van der Waals surface area contributed by atoms with Gasteiger partial charge in [-0.25, -0.2) is 0 Å². The zero-order chi connectivity index (χ0) is 48.6. The molecule has 6 heteroatoms. The molecule has 0 bridgehead atoms. The van der Waals surface area contributed by atoms with Crippen molar-refractivity contribution < 1.29 is 28.6 Å². The summed E-state index contributed by atoms with van der Waals surface area (Å²) in [5, 5.41) is 0. The number of carbonyl (C=O) groups excluding carboxylic acids is 3. The van der Waals surface area contributed by atoms with E-state index >= 15 is 0 Å². The first-order chi connectivity index (χ1) is 33.0. The average molecular weight is 929 g/mol. The zero-order valence-electron chi connectivity index (χ0n) is 43.4. The maximum Gasteiger partial charge on any atom is 0.306 e. The first-order valence-corrected chi connectivity index (χ1v) is 27.4. The molecule has 380 valence electrons. The van der Waals surface area contributed by atoms with Gasteiger partial charge in [-0.1, -0.05) is 201 Å². The summed E-state index contributed by atoms with van der Waals surface area (Å²) in [7, 11) is 0. The van der Waals surface area contributed by atoms with Gasteiger partial charge in [0.05, 0.1) is 0 Å². The van der Waals surface area contributed by atoms with Gasteiger partial charge >= 0.3 is 17.9 Å². The van der Waals surface area contributed by atoms with E-state index in [1.54, 1.807) is 0 Å². The van der Waals surface area contributed by atoms with Gasteiger partial charge < -0.3 is 14.2 Å². The number of allylic oxidation sites excluding steroid dienone is 18. The molecule has 0 saturated heterocycles. The van der Waals surface area contributed by atoms with Crippen LogP contribution in [0.25, 0.3) is 0 Å². The minimum atomic E-state index is -0.807. The summed E-state index contributed by atoms with van der Waals surface area (Å²) < 4.78 is 16.8. The van der Waals surface area contributed by atoms with Gasteiger partial charge in [-0.2, -0.15) is 0 Å². The molecule has 0 heterocycles. The Bertz CT molecular complexity index is 1390. The van der Waals surface area contributed by atoms with Crippen molar-refractivity contribution in [3.05, 3.63) is 109 Å². The normalized spacial score (nSPS) is 12.9. The van der Waals surface area contributed by atoms with Crippen molar-refractivity contribution in [3.8, 4) is 0 Å². The highest BCUT2D eigenvalue weighted by Gasteiger charge is 2.19. The number of esters is 3. The number of hydrogen-bond donors (Lipinski definition) is 0. The summed E-state index contributed by atoms with van der Waals surface area (Å²) in [4.78, 5) is 38.1. The first kappa shape index (κ1) is 63.1. The molecule has 0 aromatic carbocycles. The van der Waals surface area contributed by atoms with Crippen LogP contribution in [0.4, 0.5) is 0 Å². The first-order valence-electron chi connectivity index (χ1n) is 27.4. The van der Waals surface area contributed by atoms with Crippen molar-refractivity contribution in [2.24, 2.45) is 0 Å². The summed E-state index contributed by atoms with van der Waals surface area (Å²) in [5.41, 5.74) is 0. The van der Waals surface area contributed by atoms with Gasteiger partial charge in [-0.3, -0.25) is 14.4 Å². The van der Waals surface area contributed by atoms with Gasteiger partial charge in [-0.15, -0.1) is 0 Å². The van der Waals surface area contributed by atoms with Gasteiger partial charge in [0, 0.05) is 19.3 Å². The third-order valence-electron chi connectivity index (χ3n) is 11.2. The second-order valence-electron chi connectivity index (χ2n) is 17.7. The molecule has 0 rings (SSSR count). The Morgan fingerprint density at radius 2 is 0.582 bits per heavy atom. The van der Waals surface area contributed by atoms with Crippen LogP contribution in [0.1, 0.15) is 239 Å². The van der Waals surface area contributed by atoms with Crippen molar-refractivity contribution in [1.82, 2.24) is 0 Å². The summed E-state index contributed by atoms with van der Waals surface area (Å²) in [6.07, 6.45) is 73.5. The number of unbranched alkanes of at least 4 members (excludes halogenated alkanes) is 19. The van der Waals surface area contributed by atoms with Gasteiger partial charge in [0.2, 0.25) is 0 Å². The molecule has 0 unspecified atom stereocenters. The molecule has 1 atom stereocenters. The quantitative estimate of drug-likeness (QED) is 0.0262. The van der Waals surface area contributed by atoms with E-state index in [2.05, 4.69) is 130 Å². The number of rotatable bonds is 48. The third-order valence-corrected chi connectivity index (χ3v) is 11.2. The fourth-order valence-electron chi connectivity index (χ4n) is 7.12. The Balaban J connectivity index is 4.51. The Hall–Kier alpha value is -3.93. The molecule has 0 spiro atoms. The van der Waals surface area contributed by atoms with Crippen molar-refractivity contribution in [3.63, 3.8) is 0 Å². The SMILES string of the molecule is CC/C=C\C/C=C\C/C=C\C/C=C\C/C=C\CCCCCC(=O)OC[C@H](COC(=O)CCCCCCC/C=C\C/C=C\CCCCC)OC(=O)CCCCCCC/C=C\C/C=C\CCCCC. The Labute approximate surface area is 412 Å². The molecule has 67 heavy (non-hydrogen) atoms. The summed E-state index contributed by atoms with van der Waals surface area (Å²) >= 11 is 0. The summed E-state index contributed by atoms with van der Waals surface area (Å²) in [6, 6.07) is 0. The Morgan fingerprint density at radius 1 is 0.313 bits per heavy atom. The topological polar surface area (TPSA) is 78.9 Å². The van der Waals surface area contributed by atoms with Crippen LogP contribution in [0.5, 0.6) is 0 Å². The molecule has 0 N–H and O–H groups in total. The minimum absolute atomic E-state index is 0.104. The van der Waals surface area contributed by atoms with E-state index in [9.17, 15) is 14.4 Å².